The van der Waals surface area contributed by atoms with E-state index in [1.165, 1.54) is 0 Å². The van der Waals surface area contributed by atoms with Gasteiger partial charge in [0.25, 0.3) is 0 Å². The summed E-state index contributed by atoms with van der Waals surface area (Å²) in [7, 11) is 0. The number of rotatable bonds is 10. The maximum atomic E-state index is 4.54. The Morgan fingerprint density at radius 2 is 0.739 bits per heavy atom. The number of nitrogens with zero attached hydrogens (tertiary/aromatic N) is 6. The van der Waals surface area contributed by atoms with Gasteiger partial charge in [0.1, 0.15) is 11.6 Å². The molecule has 0 radical (unpaired) electrons. The minimum absolute atomic E-state index is 0.481. The average molecular weight is 607 g/mol. The highest BCUT2D eigenvalue weighted by Gasteiger charge is 2.08. The zero-order chi connectivity index (χ0) is 31.9. The second-order valence-electron chi connectivity index (χ2n) is 10.8. The van der Waals surface area contributed by atoms with Crippen LogP contribution in [0.5, 0.6) is 0 Å². The maximum Gasteiger partial charge on any atom is 0.232 e. The largest absolute Gasteiger partial charge is 0.324 e. The summed E-state index contributed by atoms with van der Waals surface area (Å²) in [6.45, 7) is 7.87. The van der Waals surface area contributed by atoms with Gasteiger partial charge in [0.05, 0.1) is 0 Å². The first kappa shape index (κ1) is 29.9. The van der Waals surface area contributed by atoms with E-state index in [-0.39, 0.29) is 0 Å². The molecule has 0 saturated carbocycles. The summed E-state index contributed by atoms with van der Waals surface area (Å²) in [6.07, 6.45) is 4.25. The molecule has 0 bridgehead atoms. The molecule has 10 nitrogen and oxygen atoms in total. The summed E-state index contributed by atoms with van der Waals surface area (Å²) in [5.41, 5.74) is 8.09. The number of para-hydroxylation sites is 2. The van der Waals surface area contributed by atoms with Gasteiger partial charge in [-0.2, -0.15) is 29.9 Å². The summed E-state index contributed by atoms with van der Waals surface area (Å²) in [5.74, 6) is 3.18. The lowest BCUT2D eigenvalue weighted by atomic mass is 10.0. The van der Waals surface area contributed by atoms with Crippen LogP contribution in [0.15, 0.2) is 97.1 Å². The minimum Gasteiger partial charge on any atom is -0.324 e. The van der Waals surface area contributed by atoms with E-state index in [4.69, 9.17) is 0 Å². The highest BCUT2D eigenvalue weighted by Crippen LogP contribution is 2.24. The molecule has 0 atom stereocenters. The third kappa shape index (κ3) is 7.86. The van der Waals surface area contributed by atoms with E-state index in [2.05, 4.69) is 101 Å². The minimum atomic E-state index is 0.481. The molecule has 0 aliphatic heterocycles. The standard InChI is InChI=1S/C36H34N10/c1-23-21-31(43-35-39-25(3)37-33(45-35)41-29-11-7-5-8-12-29)19-17-27(23)15-16-28-18-20-32(22-24(28)2)44-36-40-26(4)38-34(46-36)42-30-13-9-6-10-14-30/h5-22H,1-4H3,(H2,37,39,41,43,45)(H2,38,40,42,44,46). The van der Waals surface area contributed by atoms with Gasteiger partial charge in [0.15, 0.2) is 0 Å². The molecular weight excluding hydrogens is 572 g/mol. The summed E-state index contributed by atoms with van der Waals surface area (Å²) >= 11 is 0. The lowest BCUT2D eigenvalue weighted by Gasteiger charge is -2.11. The summed E-state index contributed by atoms with van der Waals surface area (Å²) < 4.78 is 0. The van der Waals surface area contributed by atoms with Crippen molar-refractivity contribution in [1.82, 2.24) is 29.9 Å². The van der Waals surface area contributed by atoms with Crippen molar-refractivity contribution in [3.05, 3.63) is 131 Å². The van der Waals surface area contributed by atoms with Crippen molar-refractivity contribution in [3.8, 4) is 0 Å². The maximum absolute atomic E-state index is 4.54. The molecule has 4 N–H and O–H groups in total. The molecule has 46 heavy (non-hydrogen) atoms. The molecule has 228 valence electrons. The van der Waals surface area contributed by atoms with E-state index in [9.17, 15) is 0 Å². The van der Waals surface area contributed by atoms with Crippen LogP contribution >= 0.6 is 0 Å². The molecule has 0 aliphatic rings. The number of nitrogens with one attached hydrogen (secondary N) is 4. The lowest BCUT2D eigenvalue weighted by Crippen LogP contribution is -2.05. The van der Waals surface area contributed by atoms with Crippen molar-refractivity contribution in [1.29, 1.82) is 0 Å². The van der Waals surface area contributed by atoms with Crippen molar-refractivity contribution in [2.24, 2.45) is 0 Å². The molecule has 0 amide bonds. The first-order chi connectivity index (χ1) is 22.4. The summed E-state index contributed by atoms with van der Waals surface area (Å²) in [5, 5.41) is 13.1. The van der Waals surface area contributed by atoms with E-state index >= 15 is 0 Å². The number of anilines is 8. The Morgan fingerprint density at radius 1 is 0.391 bits per heavy atom. The van der Waals surface area contributed by atoms with Gasteiger partial charge in [-0.15, -0.1) is 0 Å². The highest BCUT2D eigenvalue weighted by molar-refractivity contribution is 5.75. The van der Waals surface area contributed by atoms with E-state index < -0.39 is 0 Å². The molecule has 0 unspecified atom stereocenters. The smallest absolute Gasteiger partial charge is 0.232 e. The molecule has 0 fully saturated rings. The first-order valence-electron chi connectivity index (χ1n) is 14.9. The van der Waals surface area contributed by atoms with Gasteiger partial charge in [0.2, 0.25) is 23.8 Å². The normalized spacial score (nSPS) is 11.0. The third-order valence-corrected chi connectivity index (χ3v) is 7.05. The van der Waals surface area contributed by atoms with E-state index in [0.29, 0.717) is 35.4 Å². The Morgan fingerprint density at radius 3 is 1.09 bits per heavy atom. The van der Waals surface area contributed by atoms with Crippen LogP contribution in [-0.2, 0) is 0 Å². The number of aryl methyl sites for hydroxylation is 4. The van der Waals surface area contributed by atoms with Crippen molar-refractivity contribution in [3.63, 3.8) is 0 Å². The number of hydrogen-bond donors (Lipinski definition) is 4. The van der Waals surface area contributed by atoms with Gasteiger partial charge in [-0.25, -0.2) is 0 Å². The van der Waals surface area contributed by atoms with Crippen LogP contribution in [0.1, 0.15) is 33.9 Å². The molecule has 10 heteroatoms. The average Bonchev–Trinajstić information content (AvgIpc) is 3.02. The lowest BCUT2D eigenvalue weighted by molar-refractivity contribution is 0.988. The van der Waals surface area contributed by atoms with Crippen LogP contribution in [0.2, 0.25) is 0 Å². The predicted molar refractivity (Wildman–Crippen MR) is 186 cm³/mol. The number of hydrogen-bond acceptors (Lipinski definition) is 10. The fraction of sp³-hybridized carbons (Fsp3) is 0.111. The number of benzene rings is 4. The number of aromatic nitrogens is 6. The van der Waals surface area contributed by atoms with Gasteiger partial charge >= 0.3 is 0 Å². The second-order valence-corrected chi connectivity index (χ2v) is 10.8. The molecule has 6 rings (SSSR count). The van der Waals surface area contributed by atoms with Gasteiger partial charge in [0, 0.05) is 22.7 Å². The predicted octanol–water partition coefficient (Wildman–Crippen LogP) is 8.44. The zero-order valence-corrected chi connectivity index (χ0v) is 26.1. The van der Waals surface area contributed by atoms with Crippen LogP contribution < -0.4 is 21.3 Å². The molecular formula is C36H34N10. The second kappa shape index (κ2) is 13.6. The Kier molecular flexibility index (Phi) is 8.87. The van der Waals surface area contributed by atoms with Gasteiger partial charge in [-0.1, -0.05) is 60.7 Å². The third-order valence-electron chi connectivity index (χ3n) is 7.05. The Bertz CT molecular complexity index is 1850. The van der Waals surface area contributed by atoms with Gasteiger partial charge in [-0.05, 0) is 98.5 Å². The van der Waals surface area contributed by atoms with Crippen LogP contribution in [0.4, 0.5) is 46.5 Å². The molecule has 2 aromatic heterocycles. The SMILES string of the molecule is Cc1nc(Nc2ccccc2)nc(Nc2ccc(C=Cc3ccc(Nc4nc(C)nc(Nc5ccccc5)n4)cc3C)c(C)c2)n1. The monoisotopic (exact) mass is 606 g/mol. The van der Waals surface area contributed by atoms with E-state index in [1.54, 1.807) is 0 Å². The zero-order valence-electron chi connectivity index (χ0n) is 26.1. The summed E-state index contributed by atoms with van der Waals surface area (Å²) in [6, 6.07) is 32.0. The van der Waals surface area contributed by atoms with Crippen LogP contribution in [0.3, 0.4) is 0 Å². The highest BCUT2D eigenvalue weighted by atomic mass is 15.2. The van der Waals surface area contributed by atoms with Crippen LogP contribution in [-0.4, -0.2) is 29.9 Å². The fourth-order valence-corrected chi connectivity index (χ4v) is 4.81. The van der Waals surface area contributed by atoms with Gasteiger partial charge < -0.3 is 21.3 Å². The Balaban J connectivity index is 1.11. The van der Waals surface area contributed by atoms with E-state index in [1.807, 2.05) is 86.6 Å². The van der Waals surface area contributed by atoms with Crippen LogP contribution in [0.25, 0.3) is 12.2 Å². The molecule has 0 saturated heterocycles. The fourth-order valence-electron chi connectivity index (χ4n) is 4.81. The van der Waals surface area contributed by atoms with Crippen molar-refractivity contribution in [2.75, 3.05) is 21.3 Å². The topological polar surface area (TPSA) is 125 Å². The quantitative estimate of drug-likeness (QED) is 0.113. The van der Waals surface area contributed by atoms with Crippen molar-refractivity contribution in [2.45, 2.75) is 27.7 Å². The summed E-state index contributed by atoms with van der Waals surface area (Å²) in [4.78, 5) is 26.8. The molecule has 2 heterocycles. The molecule has 4 aromatic carbocycles. The molecule has 0 aliphatic carbocycles. The first-order valence-corrected chi connectivity index (χ1v) is 14.9. The van der Waals surface area contributed by atoms with Crippen molar-refractivity contribution < 1.29 is 0 Å². The van der Waals surface area contributed by atoms with Crippen molar-refractivity contribution >= 4 is 58.7 Å². The molecule has 0 spiro atoms. The molecule has 6 aromatic rings. The van der Waals surface area contributed by atoms with E-state index in [0.717, 1.165) is 45.0 Å². The van der Waals surface area contributed by atoms with Crippen LogP contribution in [0, 0.1) is 27.7 Å². The Hall–Kier alpha value is -6.16. The Labute approximate surface area is 268 Å². The van der Waals surface area contributed by atoms with Gasteiger partial charge in [-0.3, -0.25) is 0 Å².